The second kappa shape index (κ2) is 8.75. The summed E-state index contributed by atoms with van der Waals surface area (Å²) in [5.41, 5.74) is 0.976. The molecule has 6 nitrogen and oxygen atoms in total. The van der Waals surface area contributed by atoms with E-state index >= 15 is 0 Å². The average molecular weight is 376 g/mol. The number of piperidine rings is 1. The third kappa shape index (κ3) is 5.01. The highest BCUT2D eigenvalue weighted by molar-refractivity contribution is 7.13. The van der Waals surface area contributed by atoms with E-state index in [-0.39, 0.29) is 23.7 Å². The summed E-state index contributed by atoms with van der Waals surface area (Å²) in [7, 11) is 0. The third-order valence-electron chi connectivity index (χ3n) is 4.42. The minimum Gasteiger partial charge on any atom is -0.338 e. The van der Waals surface area contributed by atoms with Crippen LogP contribution in [0.3, 0.4) is 0 Å². The van der Waals surface area contributed by atoms with Gasteiger partial charge in [0.25, 0.3) is 0 Å². The van der Waals surface area contributed by atoms with Crippen LogP contribution in [0.25, 0.3) is 0 Å². The number of hydrogen-bond acceptors (Lipinski definition) is 4. The monoisotopic (exact) mass is 376 g/mol. The Balaban J connectivity index is 1.37. The van der Waals surface area contributed by atoms with Crippen LogP contribution in [0, 0.1) is 11.7 Å². The van der Waals surface area contributed by atoms with Gasteiger partial charge in [-0.15, -0.1) is 11.3 Å². The summed E-state index contributed by atoms with van der Waals surface area (Å²) in [6.07, 6.45) is 3.59. The van der Waals surface area contributed by atoms with Crippen molar-refractivity contribution in [3.63, 3.8) is 0 Å². The molecule has 3 amide bonds. The zero-order chi connectivity index (χ0) is 18.4. The number of rotatable bonds is 5. The maximum Gasteiger partial charge on any atom is 0.317 e. The number of carbonyl (C=O) groups excluding carboxylic acids is 2. The number of likely N-dealkylation sites (tertiary alicyclic amines) is 1. The first kappa shape index (κ1) is 18.3. The summed E-state index contributed by atoms with van der Waals surface area (Å²) >= 11 is 1.39. The van der Waals surface area contributed by atoms with E-state index in [0.717, 1.165) is 5.56 Å². The van der Waals surface area contributed by atoms with Gasteiger partial charge < -0.3 is 15.5 Å². The number of nitrogens with one attached hydrogen (secondary N) is 2. The van der Waals surface area contributed by atoms with Crippen LogP contribution >= 0.6 is 11.3 Å². The van der Waals surface area contributed by atoms with E-state index in [1.165, 1.54) is 23.5 Å². The van der Waals surface area contributed by atoms with Crippen LogP contribution in [0.15, 0.2) is 35.8 Å². The van der Waals surface area contributed by atoms with Crippen LogP contribution < -0.4 is 10.6 Å². The molecule has 8 heteroatoms. The zero-order valence-corrected chi connectivity index (χ0v) is 15.1. The number of hydrogen-bond donors (Lipinski definition) is 2. The summed E-state index contributed by atoms with van der Waals surface area (Å²) in [5.74, 6) is -0.391. The lowest BCUT2D eigenvalue weighted by atomic mass is 9.96. The first-order valence-electron chi connectivity index (χ1n) is 8.59. The predicted molar refractivity (Wildman–Crippen MR) is 98.5 cm³/mol. The van der Waals surface area contributed by atoms with Crippen molar-refractivity contribution >= 4 is 28.4 Å². The molecule has 0 radical (unpaired) electrons. The van der Waals surface area contributed by atoms with Gasteiger partial charge in [0.05, 0.1) is 0 Å². The summed E-state index contributed by atoms with van der Waals surface area (Å²) in [4.78, 5) is 30.2. The molecule has 1 aliphatic heterocycles. The summed E-state index contributed by atoms with van der Waals surface area (Å²) in [5, 5.41) is 8.12. The Morgan fingerprint density at radius 2 is 1.96 bits per heavy atom. The fourth-order valence-electron chi connectivity index (χ4n) is 2.91. The van der Waals surface area contributed by atoms with Gasteiger partial charge >= 0.3 is 6.03 Å². The van der Waals surface area contributed by atoms with E-state index in [4.69, 9.17) is 0 Å². The van der Waals surface area contributed by atoms with Crippen molar-refractivity contribution in [2.24, 2.45) is 5.92 Å². The number of nitrogens with zero attached hydrogens (tertiary/aromatic N) is 2. The Morgan fingerprint density at radius 3 is 2.62 bits per heavy atom. The predicted octanol–water partition coefficient (Wildman–Crippen LogP) is 2.89. The topological polar surface area (TPSA) is 74.3 Å². The van der Waals surface area contributed by atoms with Crippen LogP contribution in [0.2, 0.25) is 0 Å². The average Bonchev–Trinajstić information content (AvgIpc) is 3.16. The zero-order valence-electron chi connectivity index (χ0n) is 14.3. The Kier molecular flexibility index (Phi) is 6.17. The summed E-state index contributed by atoms with van der Waals surface area (Å²) < 4.78 is 12.9. The smallest absolute Gasteiger partial charge is 0.317 e. The minimum atomic E-state index is -0.264. The second-order valence-electron chi connectivity index (χ2n) is 6.20. The Morgan fingerprint density at radius 1 is 1.23 bits per heavy atom. The lowest BCUT2D eigenvalue weighted by molar-refractivity contribution is -0.121. The van der Waals surface area contributed by atoms with E-state index in [2.05, 4.69) is 15.6 Å². The molecule has 1 aliphatic rings. The molecule has 0 bridgehead atoms. The number of urea groups is 1. The Hall–Kier alpha value is -2.48. The van der Waals surface area contributed by atoms with E-state index in [0.29, 0.717) is 44.0 Å². The number of amides is 3. The Labute approximate surface area is 155 Å². The van der Waals surface area contributed by atoms with Crippen molar-refractivity contribution in [2.75, 3.05) is 25.0 Å². The van der Waals surface area contributed by atoms with Gasteiger partial charge in [0, 0.05) is 37.1 Å². The van der Waals surface area contributed by atoms with Gasteiger partial charge in [-0.25, -0.2) is 14.2 Å². The molecule has 2 heterocycles. The van der Waals surface area contributed by atoms with E-state index in [1.807, 2.05) is 5.38 Å². The fraction of sp³-hybridized carbons (Fsp3) is 0.389. The highest BCUT2D eigenvalue weighted by atomic mass is 32.1. The second-order valence-corrected chi connectivity index (χ2v) is 7.09. The fourth-order valence-corrected chi connectivity index (χ4v) is 3.45. The van der Waals surface area contributed by atoms with Crippen molar-refractivity contribution in [2.45, 2.75) is 19.3 Å². The van der Waals surface area contributed by atoms with Gasteiger partial charge in [-0.2, -0.15) is 0 Å². The molecule has 1 fully saturated rings. The largest absolute Gasteiger partial charge is 0.338 e. The van der Waals surface area contributed by atoms with Crippen molar-refractivity contribution in [3.05, 3.63) is 47.2 Å². The molecule has 0 aliphatic carbocycles. The van der Waals surface area contributed by atoms with E-state index in [1.54, 1.807) is 23.2 Å². The SMILES string of the molecule is O=C(Nc1nccs1)C1CCN(C(=O)NCCc2ccc(F)cc2)CC1. The summed E-state index contributed by atoms with van der Waals surface area (Å²) in [6, 6.07) is 6.14. The Bertz CT molecular complexity index is 728. The molecular formula is C18H21FN4O2S. The summed E-state index contributed by atoms with van der Waals surface area (Å²) in [6.45, 7) is 1.60. The molecule has 0 atom stereocenters. The van der Waals surface area contributed by atoms with Crippen LogP contribution in [-0.2, 0) is 11.2 Å². The number of benzene rings is 1. The molecule has 3 rings (SSSR count). The molecule has 2 N–H and O–H groups in total. The maximum absolute atomic E-state index is 12.9. The standard InChI is InChI=1S/C18H21FN4O2S/c19-15-3-1-13(2-4-15)5-8-21-18(25)23-10-6-14(7-11-23)16(24)22-17-20-9-12-26-17/h1-4,9,12,14H,5-8,10-11H2,(H,21,25)(H,20,22,24). The van der Waals surface area contributed by atoms with Gasteiger partial charge in [-0.05, 0) is 37.0 Å². The molecule has 0 saturated carbocycles. The van der Waals surface area contributed by atoms with E-state index < -0.39 is 0 Å². The molecule has 1 saturated heterocycles. The number of carbonyl (C=O) groups is 2. The van der Waals surface area contributed by atoms with Crippen molar-refractivity contribution in [1.82, 2.24) is 15.2 Å². The van der Waals surface area contributed by atoms with Crippen LogP contribution in [0.1, 0.15) is 18.4 Å². The molecule has 26 heavy (non-hydrogen) atoms. The number of halogens is 1. The number of anilines is 1. The van der Waals surface area contributed by atoms with Crippen molar-refractivity contribution in [3.8, 4) is 0 Å². The van der Waals surface area contributed by atoms with Crippen LogP contribution in [0.5, 0.6) is 0 Å². The van der Waals surface area contributed by atoms with Crippen molar-refractivity contribution in [1.29, 1.82) is 0 Å². The minimum absolute atomic E-state index is 0.0312. The highest BCUT2D eigenvalue weighted by Gasteiger charge is 2.27. The van der Waals surface area contributed by atoms with Crippen molar-refractivity contribution < 1.29 is 14.0 Å². The molecule has 2 aromatic rings. The lowest BCUT2D eigenvalue weighted by Gasteiger charge is -2.31. The number of thiazole rings is 1. The normalized spacial score (nSPS) is 14.9. The number of aromatic nitrogens is 1. The van der Waals surface area contributed by atoms with Gasteiger partial charge in [-0.1, -0.05) is 12.1 Å². The molecule has 1 aromatic carbocycles. The van der Waals surface area contributed by atoms with Crippen LogP contribution in [-0.4, -0.2) is 41.5 Å². The van der Waals surface area contributed by atoms with E-state index in [9.17, 15) is 14.0 Å². The molecule has 0 spiro atoms. The first-order chi connectivity index (χ1) is 12.6. The lowest BCUT2D eigenvalue weighted by Crippen LogP contribution is -2.46. The highest BCUT2D eigenvalue weighted by Crippen LogP contribution is 2.20. The first-order valence-corrected chi connectivity index (χ1v) is 9.47. The van der Waals surface area contributed by atoms with Gasteiger partial charge in [0.1, 0.15) is 5.82 Å². The van der Waals surface area contributed by atoms with Crippen LogP contribution in [0.4, 0.5) is 14.3 Å². The van der Waals surface area contributed by atoms with Gasteiger partial charge in [0.15, 0.2) is 5.13 Å². The molecule has 0 unspecified atom stereocenters. The molecular weight excluding hydrogens is 355 g/mol. The van der Waals surface area contributed by atoms with Gasteiger partial charge in [0.2, 0.25) is 5.91 Å². The molecule has 1 aromatic heterocycles. The quantitative estimate of drug-likeness (QED) is 0.843. The van der Waals surface area contributed by atoms with Gasteiger partial charge in [-0.3, -0.25) is 4.79 Å². The maximum atomic E-state index is 12.9. The third-order valence-corrected chi connectivity index (χ3v) is 5.11. The molecule has 138 valence electrons.